The molecule has 1 heterocycles. The average molecular weight is 272 g/mol. The fraction of sp³-hybridized carbons (Fsp3) is 0.471. The number of aromatic amines is 1. The maximum absolute atomic E-state index is 9.82. The highest BCUT2D eigenvalue weighted by Crippen LogP contribution is 2.27. The number of aryl methyl sites for hydroxylation is 1. The number of hydrogen-bond donors (Lipinski definition) is 2. The topological polar surface area (TPSA) is 48.9 Å². The van der Waals surface area contributed by atoms with Crippen LogP contribution in [0.3, 0.4) is 0 Å². The Balaban J connectivity index is 1.82. The molecule has 0 spiro atoms. The Labute approximate surface area is 121 Å². The molecule has 3 nitrogen and oxygen atoms in total. The first-order valence-corrected chi connectivity index (χ1v) is 7.64. The van der Waals surface area contributed by atoms with Gasteiger partial charge >= 0.3 is 0 Å². The minimum Gasteiger partial charge on any atom is -0.507 e. The number of nitrogens with one attached hydrogen (secondary N) is 1. The van der Waals surface area contributed by atoms with Crippen LogP contribution in [-0.2, 0) is 6.42 Å². The first-order chi connectivity index (χ1) is 9.81. The summed E-state index contributed by atoms with van der Waals surface area (Å²) in [6.07, 6.45) is 8.84. The molecule has 2 aromatic rings. The van der Waals surface area contributed by atoms with Crippen LogP contribution in [0.1, 0.15) is 51.1 Å². The third-order valence-electron chi connectivity index (χ3n) is 3.61. The average Bonchev–Trinajstić information content (AvgIpc) is 2.92. The molecule has 1 aromatic heterocycles. The second kappa shape index (κ2) is 7.73. The molecule has 0 unspecified atom stereocenters. The number of aromatic nitrogens is 2. The third kappa shape index (κ3) is 4.12. The van der Waals surface area contributed by atoms with Gasteiger partial charge in [0.15, 0.2) is 0 Å². The zero-order chi connectivity index (χ0) is 14.2. The third-order valence-corrected chi connectivity index (χ3v) is 3.61. The maximum Gasteiger partial charge on any atom is 0.125 e. The molecule has 0 bridgehead atoms. The van der Waals surface area contributed by atoms with E-state index in [0.717, 1.165) is 23.4 Å². The second-order valence-corrected chi connectivity index (χ2v) is 5.31. The molecule has 2 N–H and O–H groups in total. The van der Waals surface area contributed by atoms with Crippen LogP contribution in [0.25, 0.3) is 11.3 Å². The standard InChI is InChI=1S/C17H24N2O/c1-2-3-4-5-6-7-10-14-13-16(19-18-14)15-11-8-9-12-17(15)20/h8-9,11-13,20H,2-7,10H2,1H3,(H,18,19). The van der Waals surface area contributed by atoms with Crippen molar-refractivity contribution in [3.05, 3.63) is 36.0 Å². The van der Waals surface area contributed by atoms with Crippen molar-refractivity contribution in [3.8, 4) is 17.0 Å². The minimum absolute atomic E-state index is 0.283. The van der Waals surface area contributed by atoms with E-state index >= 15 is 0 Å². The minimum atomic E-state index is 0.283. The molecule has 2 rings (SSSR count). The van der Waals surface area contributed by atoms with Gasteiger partial charge in [0.1, 0.15) is 5.75 Å². The number of hydrogen-bond acceptors (Lipinski definition) is 2. The van der Waals surface area contributed by atoms with Gasteiger partial charge in [0.25, 0.3) is 0 Å². The van der Waals surface area contributed by atoms with E-state index in [9.17, 15) is 5.11 Å². The summed E-state index contributed by atoms with van der Waals surface area (Å²) in [5, 5.41) is 17.2. The van der Waals surface area contributed by atoms with Crippen LogP contribution in [0.15, 0.2) is 30.3 Å². The summed E-state index contributed by atoms with van der Waals surface area (Å²) >= 11 is 0. The molecule has 0 saturated carbocycles. The van der Waals surface area contributed by atoms with Gasteiger partial charge in [-0.05, 0) is 31.0 Å². The lowest BCUT2D eigenvalue weighted by molar-refractivity contribution is 0.477. The van der Waals surface area contributed by atoms with Crippen molar-refractivity contribution in [1.82, 2.24) is 10.2 Å². The number of H-pyrrole nitrogens is 1. The Hall–Kier alpha value is -1.77. The lowest BCUT2D eigenvalue weighted by Crippen LogP contribution is -1.86. The van der Waals surface area contributed by atoms with Crippen LogP contribution in [-0.4, -0.2) is 15.3 Å². The monoisotopic (exact) mass is 272 g/mol. The summed E-state index contributed by atoms with van der Waals surface area (Å²) < 4.78 is 0. The number of phenols is 1. The summed E-state index contributed by atoms with van der Waals surface area (Å²) in [6.45, 7) is 2.24. The van der Waals surface area contributed by atoms with Gasteiger partial charge in [0.05, 0.1) is 5.69 Å². The van der Waals surface area contributed by atoms with Gasteiger partial charge in [0.2, 0.25) is 0 Å². The predicted octanol–water partition coefficient (Wildman–Crippen LogP) is 4.69. The highest BCUT2D eigenvalue weighted by atomic mass is 16.3. The van der Waals surface area contributed by atoms with Crippen molar-refractivity contribution >= 4 is 0 Å². The van der Waals surface area contributed by atoms with E-state index in [2.05, 4.69) is 17.1 Å². The molecule has 0 atom stereocenters. The fourth-order valence-electron chi connectivity index (χ4n) is 2.41. The molecule has 3 heteroatoms. The Morgan fingerprint density at radius 1 is 1.05 bits per heavy atom. The number of rotatable bonds is 8. The van der Waals surface area contributed by atoms with Crippen molar-refractivity contribution in [1.29, 1.82) is 0 Å². The Morgan fingerprint density at radius 2 is 1.80 bits per heavy atom. The molecular formula is C17H24N2O. The molecule has 0 fully saturated rings. The first kappa shape index (κ1) is 14.6. The molecule has 0 aliphatic rings. The van der Waals surface area contributed by atoms with Gasteiger partial charge in [-0.25, -0.2) is 0 Å². The van der Waals surface area contributed by atoms with Crippen molar-refractivity contribution in [2.45, 2.75) is 51.9 Å². The van der Waals surface area contributed by atoms with Gasteiger partial charge in [-0.15, -0.1) is 0 Å². The summed E-state index contributed by atoms with van der Waals surface area (Å²) in [5.74, 6) is 0.283. The van der Waals surface area contributed by atoms with Gasteiger partial charge < -0.3 is 5.11 Å². The SMILES string of the molecule is CCCCCCCCc1cc(-c2ccccc2O)n[nH]1. The van der Waals surface area contributed by atoms with Crippen LogP contribution < -0.4 is 0 Å². The lowest BCUT2D eigenvalue weighted by atomic mass is 10.1. The molecule has 0 aliphatic heterocycles. The molecule has 108 valence electrons. The van der Waals surface area contributed by atoms with Gasteiger partial charge in [-0.1, -0.05) is 51.2 Å². The smallest absolute Gasteiger partial charge is 0.125 e. The van der Waals surface area contributed by atoms with Crippen LogP contribution in [0.4, 0.5) is 0 Å². The largest absolute Gasteiger partial charge is 0.507 e. The normalized spacial score (nSPS) is 10.8. The van der Waals surface area contributed by atoms with Crippen molar-refractivity contribution in [3.63, 3.8) is 0 Å². The van der Waals surface area contributed by atoms with E-state index in [1.165, 1.54) is 38.5 Å². The first-order valence-electron chi connectivity index (χ1n) is 7.64. The van der Waals surface area contributed by atoms with E-state index < -0.39 is 0 Å². The summed E-state index contributed by atoms with van der Waals surface area (Å²) in [6, 6.07) is 9.36. The fourth-order valence-corrected chi connectivity index (χ4v) is 2.41. The number of para-hydroxylation sites is 1. The van der Waals surface area contributed by atoms with E-state index in [4.69, 9.17) is 0 Å². The van der Waals surface area contributed by atoms with Crippen LogP contribution in [0, 0.1) is 0 Å². The highest BCUT2D eigenvalue weighted by molar-refractivity contribution is 5.66. The predicted molar refractivity (Wildman–Crippen MR) is 82.8 cm³/mol. The van der Waals surface area contributed by atoms with Crippen LogP contribution in [0.2, 0.25) is 0 Å². The summed E-state index contributed by atoms with van der Waals surface area (Å²) in [5.41, 5.74) is 2.76. The number of unbranched alkanes of at least 4 members (excludes halogenated alkanes) is 5. The molecule has 0 radical (unpaired) electrons. The molecule has 0 amide bonds. The van der Waals surface area contributed by atoms with Crippen molar-refractivity contribution in [2.24, 2.45) is 0 Å². The number of phenolic OH excluding ortho intramolecular Hbond substituents is 1. The van der Waals surface area contributed by atoms with E-state index in [1.54, 1.807) is 6.07 Å². The lowest BCUT2D eigenvalue weighted by Gasteiger charge is -1.99. The molecular weight excluding hydrogens is 248 g/mol. The number of aromatic hydroxyl groups is 1. The molecule has 20 heavy (non-hydrogen) atoms. The second-order valence-electron chi connectivity index (χ2n) is 5.31. The van der Waals surface area contributed by atoms with Crippen molar-refractivity contribution < 1.29 is 5.11 Å². The van der Waals surface area contributed by atoms with Crippen LogP contribution in [0.5, 0.6) is 5.75 Å². The Morgan fingerprint density at radius 3 is 2.60 bits per heavy atom. The zero-order valence-electron chi connectivity index (χ0n) is 12.2. The molecule has 0 aliphatic carbocycles. The quantitative estimate of drug-likeness (QED) is 0.685. The number of benzene rings is 1. The maximum atomic E-state index is 9.82. The van der Waals surface area contributed by atoms with E-state index in [-0.39, 0.29) is 5.75 Å². The highest BCUT2D eigenvalue weighted by Gasteiger charge is 2.07. The van der Waals surface area contributed by atoms with Gasteiger partial charge in [-0.3, -0.25) is 5.10 Å². The zero-order valence-corrected chi connectivity index (χ0v) is 12.2. The molecule has 1 aromatic carbocycles. The summed E-state index contributed by atoms with van der Waals surface area (Å²) in [7, 11) is 0. The van der Waals surface area contributed by atoms with E-state index in [1.807, 2.05) is 24.3 Å². The van der Waals surface area contributed by atoms with Crippen molar-refractivity contribution in [2.75, 3.05) is 0 Å². The Kier molecular flexibility index (Phi) is 5.66. The van der Waals surface area contributed by atoms with E-state index in [0.29, 0.717) is 0 Å². The Bertz CT molecular complexity index is 519. The van der Waals surface area contributed by atoms with Crippen LogP contribution >= 0.6 is 0 Å². The van der Waals surface area contributed by atoms with Gasteiger partial charge in [0, 0.05) is 11.3 Å². The summed E-state index contributed by atoms with van der Waals surface area (Å²) in [4.78, 5) is 0. The molecule has 0 saturated heterocycles. The van der Waals surface area contributed by atoms with Gasteiger partial charge in [-0.2, -0.15) is 5.10 Å². The number of nitrogens with zero attached hydrogens (tertiary/aromatic N) is 1.